The lowest BCUT2D eigenvalue weighted by molar-refractivity contribution is -0.152. The third-order valence-electron chi connectivity index (χ3n) is 3.70. The molecule has 2 aromatic carbocycles. The van der Waals surface area contributed by atoms with Gasteiger partial charge in [-0.25, -0.2) is 0 Å². The number of ether oxygens (including phenoxy) is 1. The summed E-state index contributed by atoms with van der Waals surface area (Å²) in [5.74, 6) is -1.16. The van der Waals surface area contributed by atoms with Crippen molar-refractivity contribution in [2.24, 2.45) is 0 Å². The van der Waals surface area contributed by atoms with Crippen molar-refractivity contribution < 1.29 is 14.3 Å². The third-order valence-corrected chi connectivity index (χ3v) is 4.52. The Morgan fingerprint density at radius 2 is 1.62 bits per heavy atom. The van der Waals surface area contributed by atoms with E-state index in [1.54, 1.807) is 45.0 Å². The van der Waals surface area contributed by atoms with E-state index in [2.05, 4.69) is 6.07 Å². The molecular formula is C21H19Cl3N2O3. The van der Waals surface area contributed by atoms with Gasteiger partial charge >= 0.3 is 5.97 Å². The minimum atomic E-state index is -0.710. The summed E-state index contributed by atoms with van der Waals surface area (Å²) >= 11 is 18.3. The van der Waals surface area contributed by atoms with Crippen LogP contribution in [-0.2, 0) is 16.0 Å². The van der Waals surface area contributed by atoms with E-state index >= 15 is 0 Å². The minimum Gasteiger partial charge on any atom is -0.459 e. The second-order valence-corrected chi connectivity index (χ2v) is 8.47. The van der Waals surface area contributed by atoms with Crippen molar-refractivity contribution in [3.63, 3.8) is 0 Å². The SMILES string of the molecule is CC(C)(C)OC(=O)CN(C(=O)c1c(Cl)cc(Cl)cc1Cl)c1ccc(CC#N)cc1. The lowest BCUT2D eigenvalue weighted by Crippen LogP contribution is -2.39. The molecule has 8 heteroatoms. The highest BCUT2D eigenvalue weighted by molar-refractivity contribution is 6.42. The topological polar surface area (TPSA) is 70.4 Å². The summed E-state index contributed by atoms with van der Waals surface area (Å²) in [5, 5.41) is 9.26. The maximum absolute atomic E-state index is 13.3. The number of rotatable bonds is 5. The average molecular weight is 454 g/mol. The number of hydrogen-bond donors (Lipinski definition) is 0. The molecule has 0 aromatic heterocycles. The lowest BCUT2D eigenvalue weighted by Gasteiger charge is -2.26. The van der Waals surface area contributed by atoms with Gasteiger partial charge < -0.3 is 4.74 Å². The van der Waals surface area contributed by atoms with E-state index in [1.165, 1.54) is 17.0 Å². The van der Waals surface area contributed by atoms with Gasteiger partial charge in [0.05, 0.1) is 28.1 Å². The van der Waals surface area contributed by atoms with Crippen LogP contribution in [0.3, 0.4) is 0 Å². The van der Waals surface area contributed by atoms with Crippen LogP contribution in [0.15, 0.2) is 36.4 Å². The Morgan fingerprint density at radius 3 is 2.10 bits per heavy atom. The zero-order valence-electron chi connectivity index (χ0n) is 16.1. The molecule has 0 aliphatic heterocycles. The predicted molar refractivity (Wildman–Crippen MR) is 115 cm³/mol. The van der Waals surface area contributed by atoms with E-state index < -0.39 is 17.5 Å². The lowest BCUT2D eigenvalue weighted by atomic mass is 10.1. The number of nitrogens with zero attached hydrogens (tertiary/aromatic N) is 2. The van der Waals surface area contributed by atoms with Crippen molar-refractivity contribution in [1.82, 2.24) is 0 Å². The molecule has 0 radical (unpaired) electrons. The zero-order chi connectivity index (χ0) is 21.8. The Kier molecular flexibility index (Phi) is 7.54. The quantitative estimate of drug-likeness (QED) is 0.544. The van der Waals surface area contributed by atoms with Crippen LogP contribution in [0.4, 0.5) is 5.69 Å². The van der Waals surface area contributed by atoms with E-state index in [0.717, 1.165) is 5.56 Å². The molecule has 0 fully saturated rings. The second-order valence-electron chi connectivity index (χ2n) is 7.22. The van der Waals surface area contributed by atoms with Gasteiger partial charge in [-0.15, -0.1) is 0 Å². The number of hydrogen-bond acceptors (Lipinski definition) is 4. The Balaban J connectivity index is 2.45. The monoisotopic (exact) mass is 452 g/mol. The highest BCUT2D eigenvalue weighted by Crippen LogP contribution is 2.31. The fraction of sp³-hybridized carbons (Fsp3) is 0.286. The smallest absolute Gasteiger partial charge is 0.326 e. The van der Waals surface area contributed by atoms with Crippen LogP contribution in [0.25, 0.3) is 0 Å². The number of anilines is 1. The molecule has 0 aliphatic rings. The maximum atomic E-state index is 13.3. The fourth-order valence-corrected chi connectivity index (χ4v) is 3.53. The van der Waals surface area contributed by atoms with Crippen LogP contribution in [0.2, 0.25) is 15.1 Å². The van der Waals surface area contributed by atoms with Gasteiger partial charge in [-0.3, -0.25) is 14.5 Å². The van der Waals surface area contributed by atoms with Gasteiger partial charge in [0.25, 0.3) is 5.91 Å². The van der Waals surface area contributed by atoms with Crippen LogP contribution >= 0.6 is 34.8 Å². The Labute approximate surface area is 184 Å². The first kappa shape index (κ1) is 23.0. The van der Waals surface area contributed by atoms with E-state index in [9.17, 15) is 9.59 Å². The molecule has 0 heterocycles. The Morgan fingerprint density at radius 1 is 1.07 bits per heavy atom. The number of esters is 1. The maximum Gasteiger partial charge on any atom is 0.326 e. The van der Waals surface area contributed by atoms with Gasteiger partial charge in [-0.2, -0.15) is 5.26 Å². The second kappa shape index (κ2) is 9.49. The molecule has 152 valence electrons. The van der Waals surface area contributed by atoms with Gasteiger partial charge in [0.2, 0.25) is 0 Å². The molecule has 0 atom stereocenters. The van der Waals surface area contributed by atoms with Crippen molar-refractivity contribution in [3.8, 4) is 6.07 Å². The number of amides is 1. The molecule has 0 aliphatic carbocycles. The van der Waals surface area contributed by atoms with Gasteiger partial charge in [0, 0.05) is 10.7 Å². The summed E-state index contributed by atoms with van der Waals surface area (Å²) in [6, 6.07) is 11.6. The number of carbonyl (C=O) groups excluding carboxylic acids is 2. The molecule has 0 N–H and O–H groups in total. The largest absolute Gasteiger partial charge is 0.459 e. The molecule has 0 saturated heterocycles. The minimum absolute atomic E-state index is 0.0300. The van der Waals surface area contributed by atoms with Crippen LogP contribution < -0.4 is 4.90 Å². The summed E-state index contributed by atoms with van der Waals surface area (Å²) in [7, 11) is 0. The normalized spacial score (nSPS) is 10.9. The first-order valence-corrected chi connectivity index (χ1v) is 9.79. The number of benzene rings is 2. The van der Waals surface area contributed by atoms with Crippen LogP contribution in [0, 0.1) is 11.3 Å². The highest BCUT2D eigenvalue weighted by Gasteiger charge is 2.27. The molecule has 0 unspecified atom stereocenters. The van der Waals surface area contributed by atoms with Gasteiger partial charge in [-0.1, -0.05) is 46.9 Å². The summed E-state index contributed by atoms with van der Waals surface area (Å²) in [6.45, 7) is 4.87. The number of halogens is 3. The summed E-state index contributed by atoms with van der Waals surface area (Å²) in [4.78, 5) is 26.9. The summed E-state index contributed by atoms with van der Waals surface area (Å²) in [5.41, 5.74) is 0.536. The van der Waals surface area contributed by atoms with Crippen LogP contribution in [-0.4, -0.2) is 24.0 Å². The standard InChI is InChI=1S/C21H19Cl3N2O3/c1-21(2,3)29-18(27)12-26(15-6-4-13(5-7-15)8-9-25)20(28)19-16(23)10-14(22)11-17(19)24/h4-7,10-11H,8,12H2,1-3H3. The molecular weight excluding hydrogens is 435 g/mol. The van der Waals surface area contributed by atoms with E-state index in [-0.39, 0.29) is 33.6 Å². The first-order valence-electron chi connectivity index (χ1n) is 8.66. The Hall–Kier alpha value is -2.26. The van der Waals surface area contributed by atoms with Crippen molar-refractivity contribution in [1.29, 1.82) is 5.26 Å². The van der Waals surface area contributed by atoms with E-state index in [1.807, 2.05) is 0 Å². The molecule has 2 aromatic rings. The molecule has 2 rings (SSSR count). The molecule has 0 bridgehead atoms. The molecule has 1 amide bonds. The van der Waals surface area contributed by atoms with Crippen molar-refractivity contribution in [2.45, 2.75) is 32.8 Å². The van der Waals surface area contributed by atoms with Gasteiger partial charge in [0.1, 0.15) is 12.1 Å². The molecule has 0 spiro atoms. The number of carbonyl (C=O) groups is 2. The summed E-state index contributed by atoms with van der Waals surface area (Å²) < 4.78 is 5.35. The van der Waals surface area contributed by atoms with E-state index in [0.29, 0.717) is 5.69 Å². The third kappa shape index (κ3) is 6.37. The zero-order valence-corrected chi connectivity index (χ0v) is 18.4. The molecule has 29 heavy (non-hydrogen) atoms. The predicted octanol–water partition coefficient (Wildman–Crippen LogP) is 5.70. The van der Waals surface area contributed by atoms with Crippen molar-refractivity contribution in [2.75, 3.05) is 11.4 Å². The van der Waals surface area contributed by atoms with Gasteiger partial charge in [-0.05, 0) is 50.6 Å². The van der Waals surface area contributed by atoms with Crippen molar-refractivity contribution in [3.05, 3.63) is 62.6 Å². The van der Waals surface area contributed by atoms with Gasteiger partial charge in [0.15, 0.2) is 0 Å². The molecule has 5 nitrogen and oxygen atoms in total. The van der Waals surface area contributed by atoms with Crippen LogP contribution in [0.1, 0.15) is 36.7 Å². The Bertz CT molecular complexity index is 938. The van der Waals surface area contributed by atoms with E-state index in [4.69, 9.17) is 44.8 Å². The van der Waals surface area contributed by atoms with Crippen molar-refractivity contribution >= 4 is 52.4 Å². The molecule has 0 saturated carbocycles. The fourth-order valence-electron chi connectivity index (χ4n) is 2.55. The summed E-state index contributed by atoms with van der Waals surface area (Å²) in [6.07, 6.45) is 0.231. The number of nitriles is 1. The first-order chi connectivity index (χ1) is 13.5. The average Bonchev–Trinajstić information content (AvgIpc) is 2.58. The van der Waals surface area contributed by atoms with Crippen LogP contribution in [0.5, 0.6) is 0 Å². The highest BCUT2D eigenvalue weighted by atomic mass is 35.5.